The Balaban J connectivity index is 1.39. The molecule has 0 aliphatic carbocycles. The van der Waals surface area contributed by atoms with Crippen LogP contribution < -0.4 is 16.0 Å². The van der Waals surface area contributed by atoms with Crippen LogP contribution in [0.5, 0.6) is 0 Å². The number of nitrogens with one attached hydrogen (secondary N) is 3. The van der Waals surface area contributed by atoms with Gasteiger partial charge in [0.15, 0.2) is 0 Å². The van der Waals surface area contributed by atoms with Crippen LogP contribution in [-0.4, -0.2) is 48.3 Å². The highest BCUT2D eigenvalue weighted by atomic mass is 16.2. The molecule has 0 saturated carbocycles. The van der Waals surface area contributed by atoms with E-state index in [0.717, 1.165) is 36.3 Å². The van der Waals surface area contributed by atoms with E-state index in [1.807, 2.05) is 18.2 Å². The van der Waals surface area contributed by atoms with Gasteiger partial charge in [0.25, 0.3) is 5.91 Å². The molecule has 29 heavy (non-hydrogen) atoms. The minimum absolute atomic E-state index is 0.0953. The number of carbonyl (C=O) groups is 3. The monoisotopic (exact) mass is 398 g/mol. The van der Waals surface area contributed by atoms with Gasteiger partial charge in [0, 0.05) is 25.1 Å². The second-order valence-electron chi connectivity index (χ2n) is 8.38. The zero-order valence-corrected chi connectivity index (χ0v) is 16.8. The molecule has 7 nitrogen and oxygen atoms in total. The third-order valence-corrected chi connectivity index (χ3v) is 6.33. The van der Waals surface area contributed by atoms with Crippen LogP contribution in [0.3, 0.4) is 0 Å². The molecule has 2 fully saturated rings. The molecule has 3 heterocycles. The smallest absolute Gasteiger partial charge is 0.255 e. The van der Waals surface area contributed by atoms with E-state index in [1.165, 1.54) is 25.7 Å². The van der Waals surface area contributed by atoms with Gasteiger partial charge in [-0.1, -0.05) is 24.6 Å². The molecule has 0 bridgehead atoms. The van der Waals surface area contributed by atoms with Gasteiger partial charge in [-0.25, -0.2) is 0 Å². The number of imide groups is 1. The summed E-state index contributed by atoms with van der Waals surface area (Å²) in [5.41, 5.74) is 2.68. The van der Waals surface area contributed by atoms with Gasteiger partial charge < -0.3 is 15.5 Å². The fourth-order valence-corrected chi connectivity index (χ4v) is 4.71. The Bertz CT molecular complexity index is 786. The van der Waals surface area contributed by atoms with Gasteiger partial charge in [0.2, 0.25) is 11.8 Å². The molecular formula is C22H30N4O3. The van der Waals surface area contributed by atoms with Gasteiger partial charge in [-0.05, 0) is 62.4 Å². The van der Waals surface area contributed by atoms with E-state index in [9.17, 15) is 14.4 Å². The molecule has 4 rings (SSSR count). The summed E-state index contributed by atoms with van der Waals surface area (Å²) in [7, 11) is 0. The first-order valence-corrected chi connectivity index (χ1v) is 10.8. The van der Waals surface area contributed by atoms with E-state index in [0.29, 0.717) is 25.4 Å². The van der Waals surface area contributed by atoms with Crippen LogP contribution in [0.2, 0.25) is 0 Å². The summed E-state index contributed by atoms with van der Waals surface area (Å²) >= 11 is 0. The van der Waals surface area contributed by atoms with Crippen molar-refractivity contribution < 1.29 is 14.4 Å². The third kappa shape index (κ3) is 4.51. The van der Waals surface area contributed by atoms with E-state index in [1.54, 1.807) is 4.90 Å². The Labute approximate surface area is 171 Å². The minimum atomic E-state index is -0.559. The first-order chi connectivity index (χ1) is 14.1. The zero-order valence-electron chi connectivity index (χ0n) is 16.8. The maximum Gasteiger partial charge on any atom is 0.255 e. The van der Waals surface area contributed by atoms with Crippen LogP contribution >= 0.6 is 0 Å². The second-order valence-corrected chi connectivity index (χ2v) is 8.38. The normalized spacial score (nSPS) is 25.4. The molecule has 7 heteroatoms. The highest BCUT2D eigenvalue weighted by Crippen LogP contribution is 2.29. The molecule has 3 amide bonds. The summed E-state index contributed by atoms with van der Waals surface area (Å²) in [5.74, 6) is -0.0537. The maximum atomic E-state index is 13.1. The lowest BCUT2D eigenvalue weighted by Gasteiger charge is -2.29. The van der Waals surface area contributed by atoms with Gasteiger partial charge in [-0.2, -0.15) is 0 Å². The molecule has 3 N–H and O–H groups in total. The maximum absolute atomic E-state index is 13.1. The summed E-state index contributed by atoms with van der Waals surface area (Å²) in [5, 5.41) is 9.39. The Hall–Kier alpha value is -2.25. The summed E-state index contributed by atoms with van der Waals surface area (Å²) < 4.78 is 0. The lowest BCUT2D eigenvalue weighted by molar-refractivity contribution is -0.136. The summed E-state index contributed by atoms with van der Waals surface area (Å²) in [4.78, 5) is 38.4. The average molecular weight is 399 g/mol. The van der Waals surface area contributed by atoms with E-state index in [-0.39, 0.29) is 24.1 Å². The number of piperidine rings is 1. The zero-order chi connectivity index (χ0) is 20.2. The molecule has 3 aliphatic rings. The van der Waals surface area contributed by atoms with Gasteiger partial charge >= 0.3 is 0 Å². The van der Waals surface area contributed by atoms with Gasteiger partial charge in [-0.3, -0.25) is 19.7 Å². The molecule has 0 radical (unpaired) electrons. The van der Waals surface area contributed by atoms with E-state index < -0.39 is 6.04 Å². The molecule has 2 atom stereocenters. The van der Waals surface area contributed by atoms with Gasteiger partial charge in [0.05, 0.1) is 0 Å². The number of hydrogen-bond donors (Lipinski definition) is 3. The van der Waals surface area contributed by atoms with Crippen molar-refractivity contribution in [1.29, 1.82) is 0 Å². The highest BCUT2D eigenvalue weighted by molar-refractivity contribution is 6.05. The number of carbonyl (C=O) groups excluding carboxylic acids is 3. The number of amides is 3. The van der Waals surface area contributed by atoms with Crippen molar-refractivity contribution >= 4 is 17.7 Å². The topological polar surface area (TPSA) is 90.5 Å². The van der Waals surface area contributed by atoms with Crippen LogP contribution in [0.25, 0.3) is 0 Å². The quantitative estimate of drug-likeness (QED) is 0.651. The van der Waals surface area contributed by atoms with Crippen molar-refractivity contribution in [2.75, 3.05) is 19.6 Å². The fourth-order valence-electron chi connectivity index (χ4n) is 4.71. The molecule has 1 aromatic rings. The van der Waals surface area contributed by atoms with Crippen molar-refractivity contribution in [3.63, 3.8) is 0 Å². The van der Waals surface area contributed by atoms with E-state index >= 15 is 0 Å². The second kappa shape index (κ2) is 9.05. The van der Waals surface area contributed by atoms with Crippen LogP contribution in [-0.2, 0) is 22.7 Å². The molecular weight excluding hydrogens is 368 g/mol. The Morgan fingerprint density at radius 3 is 2.83 bits per heavy atom. The van der Waals surface area contributed by atoms with Crippen molar-refractivity contribution in [2.24, 2.45) is 5.92 Å². The molecule has 1 aromatic carbocycles. The molecule has 0 aromatic heterocycles. The molecule has 156 valence electrons. The number of fused-ring (bicyclic) bond motifs is 1. The van der Waals surface area contributed by atoms with Crippen molar-refractivity contribution in [2.45, 2.75) is 57.7 Å². The molecule has 3 aliphatic heterocycles. The number of nitrogens with zero attached hydrogens (tertiary/aromatic N) is 1. The SMILES string of the molecule is O=C1CCC(N2Cc3cccc(CNCC4CCCCNCC4)c3C2=O)C(=O)N1. The lowest BCUT2D eigenvalue weighted by atomic mass is 9.96. The first-order valence-electron chi connectivity index (χ1n) is 10.8. The summed E-state index contributed by atoms with van der Waals surface area (Å²) in [6.07, 6.45) is 5.62. The van der Waals surface area contributed by atoms with Crippen LogP contribution in [0.4, 0.5) is 0 Å². The lowest BCUT2D eigenvalue weighted by Crippen LogP contribution is -2.52. The fraction of sp³-hybridized carbons (Fsp3) is 0.591. The predicted octanol–water partition coefficient (Wildman–Crippen LogP) is 1.32. The summed E-state index contributed by atoms with van der Waals surface area (Å²) in [6, 6.07) is 5.38. The Morgan fingerprint density at radius 2 is 1.97 bits per heavy atom. The first kappa shape index (κ1) is 20.0. The van der Waals surface area contributed by atoms with Crippen LogP contribution in [0.1, 0.15) is 60.0 Å². The third-order valence-electron chi connectivity index (χ3n) is 6.33. The van der Waals surface area contributed by atoms with Crippen molar-refractivity contribution in [1.82, 2.24) is 20.9 Å². The minimum Gasteiger partial charge on any atom is -0.322 e. The van der Waals surface area contributed by atoms with Crippen LogP contribution in [0.15, 0.2) is 18.2 Å². The van der Waals surface area contributed by atoms with Gasteiger partial charge in [0.1, 0.15) is 6.04 Å². The molecule has 2 unspecified atom stereocenters. The highest BCUT2D eigenvalue weighted by Gasteiger charge is 2.39. The Kier molecular flexibility index (Phi) is 6.25. The number of hydrogen-bond acceptors (Lipinski definition) is 5. The largest absolute Gasteiger partial charge is 0.322 e. The number of benzene rings is 1. The standard InChI is InChI=1S/C22H30N4O3/c27-19-8-7-18(21(28)25-19)26-14-17-6-3-5-16(20(17)22(26)29)13-24-12-15-4-1-2-10-23-11-9-15/h3,5-6,15,18,23-24H,1-2,4,7-14H2,(H,25,27,28). The molecule has 0 spiro atoms. The van der Waals surface area contributed by atoms with Crippen molar-refractivity contribution in [3.8, 4) is 0 Å². The Morgan fingerprint density at radius 1 is 1.07 bits per heavy atom. The average Bonchev–Trinajstić information content (AvgIpc) is 3.01. The van der Waals surface area contributed by atoms with Crippen LogP contribution in [0, 0.1) is 5.92 Å². The number of rotatable bonds is 5. The van der Waals surface area contributed by atoms with Gasteiger partial charge in [-0.15, -0.1) is 0 Å². The predicted molar refractivity (Wildman–Crippen MR) is 109 cm³/mol. The molecule has 2 saturated heterocycles. The van der Waals surface area contributed by atoms with E-state index in [4.69, 9.17) is 0 Å². The summed E-state index contributed by atoms with van der Waals surface area (Å²) in [6.45, 7) is 4.25. The van der Waals surface area contributed by atoms with Crippen molar-refractivity contribution in [3.05, 3.63) is 34.9 Å². The van der Waals surface area contributed by atoms with E-state index in [2.05, 4.69) is 16.0 Å².